The third-order valence-corrected chi connectivity index (χ3v) is 2.41. The Morgan fingerprint density at radius 2 is 2.21 bits per heavy atom. The molecule has 0 saturated heterocycles. The van der Waals surface area contributed by atoms with Gasteiger partial charge >= 0.3 is 5.97 Å². The molecule has 0 aliphatic heterocycles. The summed E-state index contributed by atoms with van der Waals surface area (Å²) in [6.07, 6.45) is 1.76. The zero-order valence-electron chi connectivity index (χ0n) is 11.0. The molecule has 0 aliphatic carbocycles. The predicted molar refractivity (Wildman–Crippen MR) is 71.8 cm³/mol. The first kappa shape index (κ1) is 14.7. The molecule has 0 atom stereocenters. The van der Waals surface area contributed by atoms with Crippen LogP contribution in [-0.4, -0.2) is 37.1 Å². The zero-order chi connectivity index (χ0) is 14.3. The van der Waals surface area contributed by atoms with Crippen molar-refractivity contribution in [1.29, 1.82) is 0 Å². The molecule has 1 heterocycles. The van der Waals surface area contributed by atoms with Crippen molar-refractivity contribution in [3.05, 3.63) is 17.8 Å². The largest absolute Gasteiger partial charge is 0.465 e. The molecule has 0 unspecified atom stereocenters. The monoisotopic (exact) mass is 266 g/mol. The van der Waals surface area contributed by atoms with E-state index in [9.17, 15) is 9.59 Å². The van der Waals surface area contributed by atoms with Crippen LogP contribution in [0.3, 0.4) is 0 Å². The lowest BCUT2D eigenvalue weighted by Gasteiger charge is -2.10. The molecule has 0 fully saturated rings. The molecule has 7 nitrogen and oxygen atoms in total. The van der Waals surface area contributed by atoms with Crippen LogP contribution in [0.15, 0.2) is 12.3 Å². The minimum atomic E-state index is -0.522. The molecule has 19 heavy (non-hydrogen) atoms. The van der Waals surface area contributed by atoms with E-state index in [2.05, 4.69) is 20.4 Å². The molecule has 0 spiro atoms. The number of pyridine rings is 1. The molecule has 1 aromatic heterocycles. The first-order valence-electron chi connectivity index (χ1n) is 5.93. The van der Waals surface area contributed by atoms with E-state index in [1.165, 1.54) is 19.4 Å². The maximum absolute atomic E-state index is 11.4. The van der Waals surface area contributed by atoms with E-state index in [4.69, 9.17) is 5.73 Å². The Morgan fingerprint density at radius 3 is 2.84 bits per heavy atom. The molecule has 0 saturated carbocycles. The Hall–Kier alpha value is -2.31. The normalized spacial score (nSPS) is 9.79. The third-order valence-electron chi connectivity index (χ3n) is 2.41. The number of esters is 1. The summed E-state index contributed by atoms with van der Waals surface area (Å²) in [6.45, 7) is 2.83. The molecule has 0 aliphatic rings. The predicted octanol–water partition coefficient (Wildman–Crippen LogP) is 0.388. The molecule has 1 aromatic rings. The summed E-state index contributed by atoms with van der Waals surface area (Å²) < 4.78 is 4.61. The maximum atomic E-state index is 11.4. The van der Waals surface area contributed by atoms with E-state index in [-0.39, 0.29) is 17.2 Å². The second-order valence-corrected chi connectivity index (χ2v) is 3.74. The van der Waals surface area contributed by atoms with Crippen LogP contribution < -0.4 is 16.4 Å². The van der Waals surface area contributed by atoms with Gasteiger partial charge < -0.3 is 21.1 Å². The number of nitrogens with zero attached hydrogens (tertiary/aromatic N) is 1. The number of carbonyl (C=O) groups is 2. The molecular weight excluding hydrogens is 248 g/mol. The Labute approximate surface area is 111 Å². The summed E-state index contributed by atoms with van der Waals surface area (Å²) in [4.78, 5) is 26.7. The maximum Gasteiger partial charge on any atom is 0.340 e. The van der Waals surface area contributed by atoms with E-state index in [0.717, 1.165) is 0 Å². The molecule has 4 N–H and O–H groups in total. The summed E-state index contributed by atoms with van der Waals surface area (Å²) in [5.41, 5.74) is 6.27. The van der Waals surface area contributed by atoms with Crippen molar-refractivity contribution in [1.82, 2.24) is 10.3 Å². The highest BCUT2D eigenvalue weighted by Crippen LogP contribution is 2.20. The zero-order valence-corrected chi connectivity index (χ0v) is 11.0. The summed E-state index contributed by atoms with van der Waals surface area (Å²) in [7, 11) is 1.28. The number of hydrogen-bond acceptors (Lipinski definition) is 6. The number of hydrogen-bond donors (Lipinski definition) is 3. The SMILES string of the molecule is CCNC(=O)CCNc1nccc(C(=O)OC)c1N. The molecule has 1 rings (SSSR count). The van der Waals surface area contributed by atoms with Gasteiger partial charge in [0.15, 0.2) is 0 Å². The van der Waals surface area contributed by atoms with Crippen molar-refractivity contribution in [2.24, 2.45) is 0 Å². The van der Waals surface area contributed by atoms with Crippen molar-refractivity contribution in [3.8, 4) is 0 Å². The van der Waals surface area contributed by atoms with Gasteiger partial charge in [-0.3, -0.25) is 4.79 Å². The van der Waals surface area contributed by atoms with E-state index in [1.54, 1.807) is 0 Å². The van der Waals surface area contributed by atoms with Gasteiger partial charge in [0.25, 0.3) is 0 Å². The minimum Gasteiger partial charge on any atom is -0.465 e. The number of ether oxygens (including phenoxy) is 1. The Balaban J connectivity index is 2.64. The standard InChI is InChI=1S/C12H18N4O3/c1-3-14-9(17)5-7-16-11-10(13)8(4-6-15-11)12(18)19-2/h4,6H,3,5,7,13H2,1-2H3,(H,14,17)(H,15,16). The van der Waals surface area contributed by atoms with Crippen LogP contribution in [0, 0.1) is 0 Å². The number of aromatic nitrogens is 1. The minimum absolute atomic E-state index is 0.0577. The molecule has 104 valence electrons. The van der Waals surface area contributed by atoms with E-state index in [0.29, 0.717) is 25.3 Å². The fourth-order valence-corrected chi connectivity index (χ4v) is 1.48. The van der Waals surface area contributed by atoms with Crippen molar-refractivity contribution >= 4 is 23.4 Å². The van der Waals surface area contributed by atoms with Crippen molar-refractivity contribution < 1.29 is 14.3 Å². The Bertz CT molecular complexity index is 462. The van der Waals surface area contributed by atoms with Crippen LogP contribution in [-0.2, 0) is 9.53 Å². The molecule has 7 heteroatoms. The van der Waals surface area contributed by atoms with Crippen LogP contribution in [0.25, 0.3) is 0 Å². The van der Waals surface area contributed by atoms with Crippen LogP contribution >= 0.6 is 0 Å². The second kappa shape index (κ2) is 7.20. The summed E-state index contributed by atoms with van der Waals surface area (Å²) in [5, 5.41) is 5.60. The van der Waals surface area contributed by atoms with Gasteiger partial charge in [-0.05, 0) is 13.0 Å². The van der Waals surface area contributed by atoms with Crippen molar-refractivity contribution in [2.75, 3.05) is 31.2 Å². The first-order chi connectivity index (χ1) is 9.10. The highest BCUT2D eigenvalue weighted by Gasteiger charge is 2.13. The summed E-state index contributed by atoms with van der Waals surface area (Å²) in [6, 6.07) is 1.48. The lowest BCUT2D eigenvalue weighted by Crippen LogP contribution is -2.25. The van der Waals surface area contributed by atoms with Gasteiger partial charge in [0, 0.05) is 25.7 Å². The van der Waals surface area contributed by atoms with Crippen LogP contribution in [0.4, 0.5) is 11.5 Å². The molecule has 0 radical (unpaired) electrons. The number of amides is 1. The quantitative estimate of drug-likeness (QED) is 0.643. The van der Waals surface area contributed by atoms with Gasteiger partial charge in [-0.25, -0.2) is 9.78 Å². The van der Waals surface area contributed by atoms with E-state index >= 15 is 0 Å². The fraction of sp³-hybridized carbons (Fsp3) is 0.417. The van der Waals surface area contributed by atoms with Crippen LogP contribution in [0.5, 0.6) is 0 Å². The second-order valence-electron chi connectivity index (χ2n) is 3.74. The van der Waals surface area contributed by atoms with Gasteiger partial charge in [0.2, 0.25) is 5.91 Å². The Kier molecular flexibility index (Phi) is 5.59. The number of nitrogen functional groups attached to an aromatic ring is 1. The number of anilines is 2. The van der Waals surface area contributed by atoms with Gasteiger partial charge in [-0.1, -0.05) is 0 Å². The fourth-order valence-electron chi connectivity index (χ4n) is 1.48. The average Bonchev–Trinajstić information content (AvgIpc) is 2.40. The number of nitrogens with one attached hydrogen (secondary N) is 2. The molecule has 1 amide bonds. The summed E-state index contributed by atoms with van der Waals surface area (Å²) >= 11 is 0. The third kappa shape index (κ3) is 4.13. The molecular formula is C12H18N4O3. The number of carbonyl (C=O) groups excluding carboxylic acids is 2. The molecule has 0 bridgehead atoms. The lowest BCUT2D eigenvalue weighted by molar-refractivity contribution is -0.120. The first-order valence-corrected chi connectivity index (χ1v) is 5.93. The van der Waals surface area contributed by atoms with Gasteiger partial charge in [0.05, 0.1) is 18.4 Å². The van der Waals surface area contributed by atoms with Gasteiger partial charge in [-0.2, -0.15) is 0 Å². The highest BCUT2D eigenvalue weighted by molar-refractivity contribution is 5.97. The average molecular weight is 266 g/mol. The van der Waals surface area contributed by atoms with E-state index in [1.807, 2.05) is 6.92 Å². The van der Waals surface area contributed by atoms with Crippen LogP contribution in [0.2, 0.25) is 0 Å². The Morgan fingerprint density at radius 1 is 1.47 bits per heavy atom. The highest BCUT2D eigenvalue weighted by atomic mass is 16.5. The van der Waals surface area contributed by atoms with Crippen LogP contribution in [0.1, 0.15) is 23.7 Å². The molecule has 0 aromatic carbocycles. The smallest absolute Gasteiger partial charge is 0.340 e. The number of methoxy groups -OCH3 is 1. The number of rotatable bonds is 6. The van der Waals surface area contributed by atoms with E-state index < -0.39 is 5.97 Å². The lowest BCUT2D eigenvalue weighted by atomic mass is 10.2. The van der Waals surface area contributed by atoms with Crippen molar-refractivity contribution in [3.63, 3.8) is 0 Å². The number of nitrogens with two attached hydrogens (primary N) is 1. The topological polar surface area (TPSA) is 106 Å². The summed E-state index contributed by atoms with van der Waals surface area (Å²) in [5.74, 6) is -0.212. The van der Waals surface area contributed by atoms with Crippen molar-refractivity contribution in [2.45, 2.75) is 13.3 Å². The van der Waals surface area contributed by atoms with Gasteiger partial charge in [0.1, 0.15) is 5.82 Å². The van der Waals surface area contributed by atoms with Gasteiger partial charge in [-0.15, -0.1) is 0 Å².